The van der Waals surface area contributed by atoms with E-state index in [1.54, 1.807) is 0 Å². The lowest BCUT2D eigenvalue weighted by Gasteiger charge is -2.33. The Labute approximate surface area is 262 Å². The molecule has 0 aliphatic carbocycles. The van der Waals surface area contributed by atoms with Crippen molar-refractivity contribution >= 4 is 27.5 Å². The fraction of sp³-hybridized carbons (Fsp3) is 0.235. The highest BCUT2D eigenvalue weighted by atomic mass is 32.2. The second-order valence-electron chi connectivity index (χ2n) is 10.6. The monoisotopic (exact) mass is 631 g/mol. The number of likely N-dealkylation sites (N-methyl/N-ethyl adjacent to an activating group) is 1. The third-order valence-electron chi connectivity index (χ3n) is 7.45. The van der Waals surface area contributed by atoms with Crippen LogP contribution in [0.1, 0.15) is 16.7 Å². The number of aryl methyl sites for hydroxylation is 1. The summed E-state index contributed by atoms with van der Waals surface area (Å²) in [5, 5.41) is 2.66. The molecule has 4 aromatic carbocycles. The molecule has 0 aromatic heterocycles. The Morgan fingerprint density at radius 2 is 1.56 bits per heavy atom. The van der Waals surface area contributed by atoms with Crippen molar-refractivity contribution in [2.45, 2.75) is 30.8 Å². The maximum Gasteiger partial charge on any atom is 0.264 e. The number of carbonyl (C=O) groups is 2. The summed E-state index contributed by atoms with van der Waals surface area (Å²) >= 11 is 0. The third kappa shape index (κ3) is 7.43. The first kappa shape index (κ1) is 31.5. The molecule has 1 heterocycles. The molecular formula is C34H34FN3O6S. The molecule has 0 saturated carbocycles. The van der Waals surface area contributed by atoms with Gasteiger partial charge in [-0.25, -0.2) is 12.8 Å². The zero-order valence-corrected chi connectivity index (χ0v) is 25.8. The molecule has 5 rings (SSSR count). The van der Waals surface area contributed by atoms with Crippen molar-refractivity contribution in [2.24, 2.45) is 0 Å². The molecule has 0 saturated heterocycles. The minimum Gasteiger partial charge on any atom is -0.486 e. The summed E-state index contributed by atoms with van der Waals surface area (Å²) in [5.74, 6) is -0.917. The van der Waals surface area contributed by atoms with Gasteiger partial charge in [0.1, 0.15) is 31.6 Å². The minimum atomic E-state index is -4.39. The molecule has 0 unspecified atom stereocenters. The predicted octanol–water partition coefficient (Wildman–Crippen LogP) is 4.49. The molecule has 0 spiro atoms. The first-order valence-electron chi connectivity index (χ1n) is 14.4. The van der Waals surface area contributed by atoms with Crippen LogP contribution in [0.3, 0.4) is 0 Å². The van der Waals surface area contributed by atoms with Gasteiger partial charge in [0.2, 0.25) is 11.8 Å². The fourth-order valence-corrected chi connectivity index (χ4v) is 6.61. The summed E-state index contributed by atoms with van der Waals surface area (Å²) in [4.78, 5) is 29.0. The number of amides is 2. The van der Waals surface area contributed by atoms with Crippen molar-refractivity contribution in [1.82, 2.24) is 10.2 Å². The lowest BCUT2D eigenvalue weighted by Crippen LogP contribution is -2.53. The lowest BCUT2D eigenvalue weighted by atomic mass is 10.0. The first-order valence-corrected chi connectivity index (χ1v) is 15.9. The number of rotatable bonds is 11. The summed E-state index contributed by atoms with van der Waals surface area (Å²) in [7, 11) is -2.90. The van der Waals surface area contributed by atoms with Crippen molar-refractivity contribution in [2.75, 3.05) is 31.1 Å². The Morgan fingerprint density at radius 1 is 0.867 bits per heavy atom. The van der Waals surface area contributed by atoms with Gasteiger partial charge in [0.15, 0.2) is 11.5 Å². The van der Waals surface area contributed by atoms with E-state index in [1.807, 2.05) is 61.5 Å². The second kappa shape index (κ2) is 13.8. The summed E-state index contributed by atoms with van der Waals surface area (Å²) in [6.07, 6.45) is 0.198. The van der Waals surface area contributed by atoms with Crippen LogP contribution < -0.4 is 19.1 Å². The molecule has 234 valence electrons. The van der Waals surface area contributed by atoms with Gasteiger partial charge in [-0.1, -0.05) is 60.2 Å². The van der Waals surface area contributed by atoms with Crippen LogP contribution in [0.15, 0.2) is 102 Å². The molecule has 1 aliphatic heterocycles. The highest BCUT2D eigenvalue weighted by molar-refractivity contribution is 7.92. The Balaban J connectivity index is 1.56. The quantitative estimate of drug-likeness (QED) is 0.262. The number of hydrogen-bond donors (Lipinski definition) is 1. The number of carbonyl (C=O) groups excluding carboxylic acids is 2. The van der Waals surface area contributed by atoms with Gasteiger partial charge in [0, 0.05) is 26.1 Å². The van der Waals surface area contributed by atoms with Crippen LogP contribution in [0, 0.1) is 12.7 Å². The summed E-state index contributed by atoms with van der Waals surface area (Å²) in [5.41, 5.74) is 2.64. The molecule has 11 heteroatoms. The van der Waals surface area contributed by atoms with Crippen molar-refractivity contribution < 1.29 is 31.9 Å². The highest BCUT2D eigenvalue weighted by Crippen LogP contribution is 2.34. The number of hydrogen-bond acceptors (Lipinski definition) is 6. The fourth-order valence-electron chi connectivity index (χ4n) is 5.18. The smallest absolute Gasteiger partial charge is 0.264 e. The van der Waals surface area contributed by atoms with Crippen molar-refractivity contribution in [3.63, 3.8) is 0 Å². The maximum atomic E-state index is 14.4. The number of nitrogens with zero attached hydrogens (tertiary/aromatic N) is 2. The zero-order valence-electron chi connectivity index (χ0n) is 25.0. The average Bonchev–Trinajstić information content (AvgIpc) is 3.05. The Kier molecular flexibility index (Phi) is 9.68. The van der Waals surface area contributed by atoms with Crippen molar-refractivity contribution in [3.8, 4) is 11.5 Å². The molecule has 45 heavy (non-hydrogen) atoms. The number of ether oxygens (including phenoxy) is 2. The Morgan fingerprint density at radius 3 is 2.24 bits per heavy atom. The van der Waals surface area contributed by atoms with E-state index in [0.29, 0.717) is 12.4 Å². The number of benzene rings is 4. The lowest BCUT2D eigenvalue weighted by molar-refractivity contribution is -0.139. The van der Waals surface area contributed by atoms with E-state index in [0.717, 1.165) is 33.1 Å². The summed E-state index contributed by atoms with van der Waals surface area (Å²) < 4.78 is 54.4. The van der Waals surface area contributed by atoms with E-state index < -0.39 is 40.2 Å². The molecule has 0 fully saturated rings. The van der Waals surface area contributed by atoms with Gasteiger partial charge in [-0.2, -0.15) is 0 Å². The summed E-state index contributed by atoms with van der Waals surface area (Å²) in [6, 6.07) is 24.9. The van der Waals surface area contributed by atoms with E-state index in [-0.39, 0.29) is 35.9 Å². The van der Waals surface area contributed by atoms with E-state index in [4.69, 9.17) is 9.47 Å². The Bertz CT molecular complexity index is 1770. The molecule has 1 N–H and O–H groups in total. The van der Waals surface area contributed by atoms with Gasteiger partial charge in [-0.3, -0.25) is 13.9 Å². The van der Waals surface area contributed by atoms with Gasteiger partial charge in [-0.05, 0) is 54.4 Å². The van der Waals surface area contributed by atoms with Gasteiger partial charge in [0.25, 0.3) is 10.0 Å². The standard InChI is InChI=1S/C34H34FN3O6S/c1-24-7-6-10-26(19-24)22-37(30(34(40)36-2)20-25-8-4-3-5-9-25)33(39)23-38(28-13-11-27(35)12-14-28)45(41,42)29-15-16-31-32(21-29)44-18-17-43-31/h3-16,19,21,30H,17-18,20,22-23H2,1-2H3,(H,36,40)/t30-/m1/s1. The third-order valence-corrected chi connectivity index (χ3v) is 9.22. The highest BCUT2D eigenvalue weighted by Gasteiger charge is 2.35. The van der Waals surface area contributed by atoms with Gasteiger partial charge in [-0.15, -0.1) is 0 Å². The van der Waals surface area contributed by atoms with E-state index in [1.165, 1.54) is 42.3 Å². The van der Waals surface area contributed by atoms with Crippen LogP contribution in [-0.4, -0.2) is 58.0 Å². The number of halogens is 1. The first-order chi connectivity index (χ1) is 21.7. The van der Waals surface area contributed by atoms with E-state index in [9.17, 15) is 22.4 Å². The van der Waals surface area contributed by atoms with E-state index >= 15 is 0 Å². The number of fused-ring (bicyclic) bond motifs is 1. The van der Waals surface area contributed by atoms with Crippen LogP contribution >= 0.6 is 0 Å². The molecule has 9 nitrogen and oxygen atoms in total. The van der Waals surface area contributed by atoms with Crippen molar-refractivity contribution in [3.05, 3.63) is 120 Å². The summed E-state index contributed by atoms with van der Waals surface area (Å²) in [6.45, 7) is 1.91. The minimum absolute atomic E-state index is 0.0484. The van der Waals surface area contributed by atoms with Crippen LogP contribution in [0.4, 0.5) is 10.1 Å². The Hall–Kier alpha value is -4.90. The SMILES string of the molecule is CNC(=O)[C@@H](Cc1ccccc1)N(Cc1cccc(C)c1)C(=O)CN(c1ccc(F)cc1)S(=O)(=O)c1ccc2c(c1)OCCO2. The van der Waals surface area contributed by atoms with Gasteiger partial charge < -0.3 is 19.7 Å². The molecule has 0 bridgehead atoms. The van der Waals surface area contributed by atoms with Crippen molar-refractivity contribution in [1.29, 1.82) is 0 Å². The van der Waals surface area contributed by atoms with Crippen LogP contribution in [0.2, 0.25) is 0 Å². The number of nitrogens with one attached hydrogen (secondary N) is 1. The molecule has 1 atom stereocenters. The molecule has 4 aromatic rings. The second-order valence-corrected chi connectivity index (χ2v) is 12.5. The molecule has 2 amide bonds. The van der Waals surface area contributed by atoms with Gasteiger partial charge >= 0.3 is 0 Å². The predicted molar refractivity (Wildman–Crippen MR) is 168 cm³/mol. The normalized spacial score (nSPS) is 13.0. The van der Waals surface area contributed by atoms with Crippen LogP contribution in [0.5, 0.6) is 11.5 Å². The zero-order chi connectivity index (χ0) is 32.0. The number of anilines is 1. The molecule has 1 aliphatic rings. The molecule has 0 radical (unpaired) electrons. The van der Waals surface area contributed by atoms with Crippen LogP contribution in [-0.2, 0) is 32.6 Å². The number of sulfonamides is 1. The largest absolute Gasteiger partial charge is 0.486 e. The topological polar surface area (TPSA) is 105 Å². The van der Waals surface area contributed by atoms with Crippen LogP contribution in [0.25, 0.3) is 0 Å². The van der Waals surface area contributed by atoms with E-state index in [2.05, 4.69) is 5.32 Å². The average molecular weight is 632 g/mol. The maximum absolute atomic E-state index is 14.4. The molecular weight excluding hydrogens is 597 g/mol. The van der Waals surface area contributed by atoms with Gasteiger partial charge in [0.05, 0.1) is 10.6 Å².